The van der Waals surface area contributed by atoms with Crippen LogP contribution in [0.5, 0.6) is 0 Å². The Kier molecular flexibility index (Phi) is 21.6. The van der Waals surface area contributed by atoms with E-state index in [1.807, 2.05) is 0 Å². The van der Waals surface area contributed by atoms with E-state index >= 15 is 0 Å². The second-order valence-electron chi connectivity index (χ2n) is 8.89. The Bertz CT molecular complexity index is 584. The van der Waals surface area contributed by atoms with Gasteiger partial charge in [-0.05, 0) is 36.8 Å². The minimum absolute atomic E-state index is 0. The van der Waals surface area contributed by atoms with Crippen molar-refractivity contribution in [2.75, 3.05) is 0 Å². The molecule has 0 fully saturated rings. The number of unbranched alkanes of at least 4 members (excludes halogenated alkanes) is 14. The van der Waals surface area contributed by atoms with E-state index in [-0.39, 0.29) is 19.5 Å². The average molecular weight is 550 g/mol. The van der Waals surface area contributed by atoms with Crippen LogP contribution in [0.1, 0.15) is 128 Å². The van der Waals surface area contributed by atoms with Gasteiger partial charge in [0.25, 0.3) is 0 Å². The van der Waals surface area contributed by atoms with Crippen LogP contribution in [0, 0.1) is 0 Å². The summed E-state index contributed by atoms with van der Waals surface area (Å²) in [4.78, 5) is 24.8. The third-order valence-electron chi connectivity index (χ3n) is 5.98. The van der Waals surface area contributed by atoms with E-state index in [1.165, 1.54) is 101 Å². The molecule has 0 atom stereocenters. The maximum absolute atomic E-state index is 11.9. The molecular formula is C26H45O2PS2Zn. The fourth-order valence-electron chi connectivity index (χ4n) is 4.16. The molecule has 0 saturated carbocycles. The number of benzene rings is 1. The van der Waals surface area contributed by atoms with Gasteiger partial charge in [-0.3, -0.25) is 0 Å². The third kappa shape index (κ3) is 17.2. The Morgan fingerprint density at radius 2 is 1.00 bits per heavy atom. The van der Waals surface area contributed by atoms with Crippen LogP contribution in [0.25, 0.3) is 0 Å². The first-order valence-corrected chi connectivity index (χ1v) is 16.9. The van der Waals surface area contributed by atoms with Gasteiger partial charge >= 0.3 is 19.5 Å². The minimum atomic E-state index is -3.81. The molecule has 6 heteroatoms. The van der Waals surface area contributed by atoms with Gasteiger partial charge in [-0.1, -0.05) is 122 Å². The molecule has 0 unspecified atom stereocenters. The first-order chi connectivity index (χ1) is 15.0. The van der Waals surface area contributed by atoms with Gasteiger partial charge in [-0.2, -0.15) is 5.69 Å². The normalized spacial score (nSPS) is 11.5. The largest absolute Gasteiger partial charge is 2.00 e. The molecule has 0 spiro atoms. The fraction of sp³-hybridized carbons (Fsp3) is 0.769. The molecule has 180 valence electrons. The second-order valence-corrected chi connectivity index (χ2v) is 14.5. The average Bonchev–Trinajstić information content (AvgIpc) is 2.72. The number of hydrogen-bond acceptors (Lipinski definition) is 4. The molecule has 0 bridgehead atoms. The summed E-state index contributed by atoms with van der Waals surface area (Å²) in [5, 5.41) is 0. The minimum Gasteiger partial charge on any atom is -0.824 e. The predicted octanol–water partition coefficient (Wildman–Crippen LogP) is 8.09. The van der Waals surface area contributed by atoms with Crippen molar-refractivity contribution in [2.24, 2.45) is 0 Å². The zero-order valence-electron chi connectivity index (χ0n) is 20.7. The monoisotopic (exact) mass is 548 g/mol. The smallest absolute Gasteiger partial charge is 0.824 e. The van der Waals surface area contributed by atoms with Crippen molar-refractivity contribution in [2.45, 2.75) is 134 Å². The number of rotatable bonds is 20. The number of aryl methyl sites for hydroxylation is 2. The van der Waals surface area contributed by atoms with Crippen LogP contribution in [-0.2, 0) is 44.1 Å². The molecular weight excluding hydrogens is 505 g/mol. The molecule has 1 rings (SSSR count). The topological polar surface area (TPSA) is 46.1 Å². The quantitative estimate of drug-likeness (QED) is 0.0936. The van der Waals surface area contributed by atoms with Gasteiger partial charge in [0.2, 0.25) is 0 Å². The Morgan fingerprint density at radius 1 is 0.656 bits per heavy atom. The summed E-state index contributed by atoms with van der Waals surface area (Å²) in [7, 11) is 0. The van der Waals surface area contributed by atoms with Gasteiger partial charge < -0.3 is 9.79 Å². The van der Waals surface area contributed by atoms with Crippen LogP contribution >= 0.6 is 17.1 Å². The zero-order valence-corrected chi connectivity index (χ0v) is 26.2. The van der Waals surface area contributed by atoms with Gasteiger partial charge in [0, 0.05) is 4.90 Å². The third-order valence-corrected chi connectivity index (χ3v) is 8.80. The van der Waals surface area contributed by atoms with Crippen molar-refractivity contribution in [3.8, 4) is 0 Å². The standard InChI is InChI=1S/C26H47O2PS2.Zn/c1-3-5-7-9-11-13-15-17-20-24-22-19-23-25(26(24)31-29(27,28)30)21-18-16-14-12-10-8-6-4-2;/h19,22-23H,3-18,20-21H2,1-2H3,(H2,27,28,30);/q;+2/p-2. The second kappa shape index (κ2) is 21.1. The van der Waals surface area contributed by atoms with E-state index in [2.05, 4.69) is 32.0 Å². The van der Waals surface area contributed by atoms with Crippen LogP contribution in [-0.4, -0.2) is 0 Å². The van der Waals surface area contributed by atoms with Gasteiger partial charge in [0.05, 0.1) is 0 Å². The SMILES string of the molecule is CCCCCCCCCCc1cccc(CCCCCCCCCC)c1SP([O-])([O-])=S.[Zn+2]. The molecule has 0 heterocycles. The van der Waals surface area contributed by atoms with Crippen LogP contribution in [0.4, 0.5) is 0 Å². The van der Waals surface area contributed by atoms with Crippen molar-refractivity contribution in [1.82, 2.24) is 0 Å². The van der Waals surface area contributed by atoms with Gasteiger partial charge in [-0.25, -0.2) is 0 Å². The molecule has 2 nitrogen and oxygen atoms in total. The van der Waals surface area contributed by atoms with Gasteiger partial charge in [-0.15, -0.1) is 23.2 Å². The molecule has 0 aliphatic heterocycles. The van der Waals surface area contributed by atoms with Crippen molar-refractivity contribution in [3.63, 3.8) is 0 Å². The van der Waals surface area contributed by atoms with E-state index in [0.29, 0.717) is 0 Å². The fourth-order valence-corrected chi connectivity index (χ4v) is 7.00. The summed E-state index contributed by atoms with van der Waals surface area (Å²) in [5.74, 6) is 0. The Hall–Kier alpha value is 0.763. The van der Waals surface area contributed by atoms with Crippen molar-refractivity contribution in [3.05, 3.63) is 29.3 Å². The molecule has 0 aliphatic carbocycles. The molecule has 0 saturated heterocycles. The summed E-state index contributed by atoms with van der Waals surface area (Å²) in [6.07, 6.45) is 22.5. The maximum atomic E-state index is 11.9. The summed E-state index contributed by atoms with van der Waals surface area (Å²) in [6, 6.07) is 6.31. The summed E-state index contributed by atoms with van der Waals surface area (Å²) in [6.45, 7) is 4.50. The molecule has 1 aromatic rings. The van der Waals surface area contributed by atoms with Crippen molar-refractivity contribution >= 4 is 28.9 Å². The van der Waals surface area contributed by atoms with Crippen LogP contribution in [0.2, 0.25) is 0 Å². The molecule has 32 heavy (non-hydrogen) atoms. The van der Waals surface area contributed by atoms with Crippen molar-refractivity contribution in [1.29, 1.82) is 0 Å². The van der Waals surface area contributed by atoms with E-state index < -0.39 is 5.69 Å². The predicted molar refractivity (Wildman–Crippen MR) is 139 cm³/mol. The van der Waals surface area contributed by atoms with Gasteiger partial charge in [0.1, 0.15) is 0 Å². The summed E-state index contributed by atoms with van der Waals surface area (Å²) < 4.78 is 0. The first kappa shape index (κ1) is 32.8. The van der Waals surface area contributed by atoms with Crippen LogP contribution in [0.3, 0.4) is 0 Å². The van der Waals surface area contributed by atoms with Crippen LogP contribution < -0.4 is 9.79 Å². The first-order valence-electron chi connectivity index (χ1n) is 12.8. The summed E-state index contributed by atoms with van der Waals surface area (Å²) >= 11 is 5.68. The van der Waals surface area contributed by atoms with E-state index in [4.69, 9.17) is 11.8 Å². The Morgan fingerprint density at radius 3 is 1.34 bits per heavy atom. The Labute approximate surface area is 220 Å². The molecule has 0 aromatic heterocycles. The van der Waals surface area contributed by atoms with E-state index in [9.17, 15) is 9.79 Å². The molecule has 0 aliphatic rings. The van der Waals surface area contributed by atoms with Crippen LogP contribution in [0.15, 0.2) is 23.1 Å². The maximum Gasteiger partial charge on any atom is 2.00 e. The molecule has 1 aromatic carbocycles. The van der Waals surface area contributed by atoms with E-state index in [1.54, 1.807) is 0 Å². The van der Waals surface area contributed by atoms with Crippen molar-refractivity contribution < 1.29 is 29.3 Å². The molecule has 0 radical (unpaired) electrons. The number of hydrogen-bond donors (Lipinski definition) is 0. The zero-order chi connectivity index (χ0) is 22.8. The summed E-state index contributed by atoms with van der Waals surface area (Å²) in [5.41, 5.74) is -1.46. The van der Waals surface area contributed by atoms with E-state index in [0.717, 1.165) is 42.0 Å². The Balaban J connectivity index is 0.00000961. The molecule has 0 amide bonds. The molecule has 0 N–H and O–H groups in total. The van der Waals surface area contributed by atoms with Gasteiger partial charge in [0.15, 0.2) is 0 Å².